The van der Waals surface area contributed by atoms with Crippen molar-refractivity contribution in [3.05, 3.63) is 62.7 Å². The molecule has 2 aliphatic rings. The van der Waals surface area contributed by atoms with Crippen molar-refractivity contribution in [3.63, 3.8) is 0 Å². The van der Waals surface area contributed by atoms with Crippen LogP contribution in [0.25, 0.3) is 0 Å². The fraction of sp³-hybridized carbons (Fsp3) is 0.733. The van der Waals surface area contributed by atoms with Crippen LogP contribution in [0.3, 0.4) is 0 Å². The topological polar surface area (TPSA) is 116 Å². The molecule has 9 nitrogen and oxygen atoms in total. The van der Waals surface area contributed by atoms with Gasteiger partial charge >= 0.3 is 0 Å². The SMILES string of the molecule is C=C(OC1C(C)C(CC2OC(CN=O)C(C)C(OC(=C)/C(C)=C\C)C2N=O)CC(CC)C1N=O)/C(C)=C\CC. The Kier molecular flexibility index (Phi) is 12.7. The molecule has 1 aliphatic heterocycles. The Labute approximate surface area is 233 Å². The van der Waals surface area contributed by atoms with Gasteiger partial charge in [-0.1, -0.05) is 75.0 Å². The molecule has 218 valence electrons. The highest BCUT2D eigenvalue weighted by molar-refractivity contribution is 5.22. The minimum atomic E-state index is -0.803. The van der Waals surface area contributed by atoms with Gasteiger partial charge < -0.3 is 14.2 Å². The minimum Gasteiger partial charge on any atom is -0.488 e. The summed E-state index contributed by atoms with van der Waals surface area (Å²) in [5.74, 6) is 0.691. The Morgan fingerprint density at radius 1 is 0.897 bits per heavy atom. The second-order valence-corrected chi connectivity index (χ2v) is 11.1. The van der Waals surface area contributed by atoms with E-state index in [2.05, 4.69) is 35.6 Å². The number of rotatable bonds is 14. The maximum absolute atomic E-state index is 12.3. The predicted molar refractivity (Wildman–Crippen MR) is 155 cm³/mol. The second-order valence-electron chi connectivity index (χ2n) is 11.1. The lowest BCUT2D eigenvalue weighted by Gasteiger charge is -2.47. The number of hydrogen-bond donors (Lipinski definition) is 0. The van der Waals surface area contributed by atoms with Crippen LogP contribution >= 0.6 is 0 Å². The van der Waals surface area contributed by atoms with E-state index in [-0.39, 0.29) is 30.2 Å². The molecule has 0 aromatic heterocycles. The van der Waals surface area contributed by atoms with E-state index in [4.69, 9.17) is 14.2 Å². The zero-order valence-corrected chi connectivity index (χ0v) is 24.7. The first-order valence-electron chi connectivity index (χ1n) is 14.2. The molecule has 1 saturated heterocycles. The van der Waals surface area contributed by atoms with Crippen molar-refractivity contribution in [1.29, 1.82) is 0 Å². The molecule has 0 amide bonds. The molecule has 10 unspecified atom stereocenters. The van der Waals surface area contributed by atoms with Gasteiger partial charge in [-0.05, 0) is 68.9 Å². The van der Waals surface area contributed by atoms with Crippen LogP contribution in [0.5, 0.6) is 0 Å². The van der Waals surface area contributed by atoms with Gasteiger partial charge in [-0.3, -0.25) is 0 Å². The standard InChI is InChI=1S/C30H47N3O6/c1-10-13-18(5)22(9)38-29-19(6)24(14-23(12-3)27(29)32-35)15-25-28(33-36)30(37-21(8)17(4)11-2)20(7)26(39-25)16-31-34/h11,13,19-20,23-30H,8-10,12,14-16H2,1-7H3/b17-11-,18-13-. The van der Waals surface area contributed by atoms with Gasteiger partial charge in [0.25, 0.3) is 0 Å². The van der Waals surface area contributed by atoms with Gasteiger partial charge in [0, 0.05) is 5.92 Å². The third kappa shape index (κ3) is 7.71. The first kappa shape index (κ1) is 32.5. The van der Waals surface area contributed by atoms with Crippen molar-refractivity contribution in [1.82, 2.24) is 0 Å². The quantitative estimate of drug-likeness (QED) is 0.126. The van der Waals surface area contributed by atoms with E-state index in [0.29, 0.717) is 17.9 Å². The summed E-state index contributed by atoms with van der Waals surface area (Å²) in [5.41, 5.74) is 1.78. The van der Waals surface area contributed by atoms with Crippen LogP contribution in [0.4, 0.5) is 0 Å². The first-order chi connectivity index (χ1) is 18.6. The molecule has 0 N–H and O–H groups in total. The van der Waals surface area contributed by atoms with Crippen LogP contribution in [0.2, 0.25) is 0 Å². The number of nitrogens with zero attached hydrogens (tertiary/aromatic N) is 3. The summed E-state index contributed by atoms with van der Waals surface area (Å²) < 4.78 is 18.9. The average Bonchev–Trinajstić information content (AvgIpc) is 2.92. The van der Waals surface area contributed by atoms with E-state index in [9.17, 15) is 14.7 Å². The zero-order chi connectivity index (χ0) is 29.3. The summed E-state index contributed by atoms with van der Waals surface area (Å²) >= 11 is 0. The Morgan fingerprint density at radius 3 is 2.00 bits per heavy atom. The largest absolute Gasteiger partial charge is 0.488 e. The molecule has 1 heterocycles. The summed E-state index contributed by atoms with van der Waals surface area (Å²) in [6.07, 6.45) is 4.57. The molecule has 0 aromatic rings. The normalized spacial score (nSPS) is 35.6. The lowest BCUT2D eigenvalue weighted by Crippen LogP contribution is -2.56. The maximum atomic E-state index is 12.3. The third-order valence-electron chi connectivity index (χ3n) is 8.80. The van der Waals surface area contributed by atoms with Crippen LogP contribution in [-0.4, -0.2) is 43.0 Å². The average molecular weight is 546 g/mol. The van der Waals surface area contributed by atoms with Crippen LogP contribution in [0.15, 0.2) is 63.5 Å². The summed E-state index contributed by atoms with van der Waals surface area (Å²) in [4.78, 5) is 35.5. The third-order valence-corrected chi connectivity index (χ3v) is 8.80. The maximum Gasteiger partial charge on any atom is 0.155 e. The number of hydrogen-bond acceptors (Lipinski definition) is 9. The second kappa shape index (κ2) is 15.2. The van der Waals surface area contributed by atoms with Gasteiger partial charge in [-0.25, -0.2) is 0 Å². The van der Waals surface area contributed by atoms with Crippen molar-refractivity contribution >= 4 is 0 Å². The Hall–Kier alpha value is -2.68. The van der Waals surface area contributed by atoms with Crippen molar-refractivity contribution in [2.75, 3.05) is 6.54 Å². The highest BCUT2D eigenvalue weighted by Gasteiger charge is 2.50. The van der Waals surface area contributed by atoms with E-state index >= 15 is 0 Å². The Morgan fingerprint density at radius 2 is 1.49 bits per heavy atom. The van der Waals surface area contributed by atoms with Gasteiger partial charge in [0.15, 0.2) is 6.04 Å². The van der Waals surface area contributed by atoms with Crippen molar-refractivity contribution in [2.24, 2.45) is 39.2 Å². The van der Waals surface area contributed by atoms with Gasteiger partial charge in [0.05, 0.1) is 12.2 Å². The zero-order valence-electron chi connectivity index (χ0n) is 24.7. The van der Waals surface area contributed by atoms with Crippen LogP contribution in [0.1, 0.15) is 74.1 Å². The number of ether oxygens (including phenoxy) is 3. The molecule has 2 rings (SSSR count). The molecular weight excluding hydrogens is 498 g/mol. The molecule has 9 heteroatoms. The monoisotopic (exact) mass is 545 g/mol. The lowest BCUT2D eigenvalue weighted by molar-refractivity contribution is -0.155. The lowest BCUT2D eigenvalue weighted by atomic mass is 9.67. The highest BCUT2D eigenvalue weighted by atomic mass is 16.5. The molecule has 1 saturated carbocycles. The van der Waals surface area contributed by atoms with E-state index in [1.165, 1.54) is 0 Å². The fourth-order valence-corrected chi connectivity index (χ4v) is 5.97. The summed E-state index contributed by atoms with van der Waals surface area (Å²) in [6, 6.07) is -1.31. The molecule has 0 spiro atoms. The molecule has 39 heavy (non-hydrogen) atoms. The highest BCUT2D eigenvalue weighted by Crippen LogP contribution is 2.44. The molecule has 2 fully saturated rings. The van der Waals surface area contributed by atoms with E-state index < -0.39 is 36.5 Å². The van der Waals surface area contributed by atoms with Gasteiger partial charge in [0.2, 0.25) is 0 Å². The van der Waals surface area contributed by atoms with Gasteiger partial charge in [-0.15, -0.1) is 0 Å². The van der Waals surface area contributed by atoms with E-state index in [0.717, 1.165) is 30.4 Å². The minimum absolute atomic E-state index is 0.0127. The Balaban J connectivity index is 2.38. The molecular formula is C30H47N3O6. The van der Waals surface area contributed by atoms with Crippen molar-refractivity contribution in [3.8, 4) is 0 Å². The van der Waals surface area contributed by atoms with Crippen LogP contribution in [0, 0.1) is 38.4 Å². The fourth-order valence-electron chi connectivity index (χ4n) is 5.97. The molecule has 0 aromatic carbocycles. The van der Waals surface area contributed by atoms with Crippen LogP contribution < -0.4 is 0 Å². The molecule has 0 bridgehead atoms. The summed E-state index contributed by atoms with van der Waals surface area (Å²) in [7, 11) is 0. The summed E-state index contributed by atoms with van der Waals surface area (Å²) in [6.45, 7) is 21.8. The number of allylic oxidation sites excluding steroid dienone is 4. The smallest absolute Gasteiger partial charge is 0.155 e. The molecule has 10 atom stereocenters. The van der Waals surface area contributed by atoms with E-state index in [1.807, 2.05) is 53.7 Å². The van der Waals surface area contributed by atoms with Gasteiger partial charge in [0.1, 0.15) is 36.3 Å². The number of nitroso groups, excluding NO2 is 3. The van der Waals surface area contributed by atoms with Crippen LogP contribution in [-0.2, 0) is 14.2 Å². The van der Waals surface area contributed by atoms with Gasteiger partial charge in [-0.2, -0.15) is 14.7 Å². The van der Waals surface area contributed by atoms with Crippen molar-refractivity contribution < 1.29 is 14.2 Å². The van der Waals surface area contributed by atoms with Crippen molar-refractivity contribution in [2.45, 2.75) is 111 Å². The first-order valence-corrected chi connectivity index (χ1v) is 14.2. The summed E-state index contributed by atoms with van der Waals surface area (Å²) in [5, 5.41) is 10.1. The molecule has 0 radical (unpaired) electrons. The molecule has 1 aliphatic carbocycles. The Bertz CT molecular complexity index is 947. The predicted octanol–water partition coefficient (Wildman–Crippen LogP) is 7.62. The van der Waals surface area contributed by atoms with E-state index in [1.54, 1.807) is 0 Å².